The number of hydrogen-bond donors (Lipinski definition) is 3. The third-order valence-corrected chi connectivity index (χ3v) is 22.3. The molecule has 0 aromatic carbocycles. The van der Waals surface area contributed by atoms with Crippen molar-refractivity contribution in [3.05, 3.63) is 247 Å². The first-order valence-corrected chi connectivity index (χ1v) is 38.2. The molecule has 0 aliphatic carbocycles. The highest BCUT2D eigenvalue weighted by Crippen LogP contribution is 2.39. The van der Waals surface area contributed by atoms with Crippen molar-refractivity contribution < 1.29 is 4.39 Å². The van der Waals surface area contributed by atoms with Crippen LogP contribution in [0.2, 0.25) is 0 Å². The summed E-state index contributed by atoms with van der Waals surface area (Å²) in [6, 6.07) is 36.3. The molecular formula is C81H87FN26S. The number of nitrogens with one attached hydrogen (secondary N) is 3. The zero-order chi connectivity index (χ0) is 74.4. The summed E-state index contributed by atoms with van der Waals surface area (Å²) < 4.78 is 14.7. The van der Waals surface area contributed by atoms with Gasteiger partial charge in [0, 0.05) is 213 Å². The van der Waals surface area contributed by atoms with Gasteiger partial charge < -0.3 is 14.7 Å². The topological polar surface area (TPSA) is 278 Å². The van der Waals surface area contributed by atoms with Crippen LogP contribution < -0.4 is 14.7 Å². The number of piperazine rings is 3. The van der Waals surface area contributed by atoms with Crippen LogP contribution in [0.15, 0.2) is 147 Å². The minimum atomic E-state index is -0.373. The van der Waals surface area contributed by atoms with Crippen LogP contribution in [0.25, 0.3) is 40.0 Å². The second-order valence-corrected chi connectivity index (χ2v) is 31.3. The molecule has 9 fully saturated rings. The van der Waals surface area contributed by atoms with E-state index in [0.29, 0.717) is 78.8 Å². The number of hydrogen-bond acceptors (Lipinski definition) is 23. The summed E-state index contributed by atoms with van der Waals surface area (Å²) >= 11 is 1.81. The highest BCUT2D eigenvalue weighted by Gasteiger charge is 2.47. The Labute approximate surface area is 635 Å². The summed E-state index contributed by atoms with van der Waals surface area (Å²) in [5, 5.41) is 27.1. The Kier molecular flexibility index (Phi) is 19.7. The zero-order valence-electron chi connectivity index (χ0n) is 62.5. The molecule has 0 saturated carbocycles. The third kappa shape index (κ3) is 16.1. The molecule has 22 rings (SSSR count). The Bertz CT molecular complexity index is 5290. The molecular weight excluding hydrogens is 1390 g/mol. The second-order valence-electron chi connectivity index (χ2n) is 30.0. The Morgan fingerprint density at radius 2 is 0.761 bits per heavy atom. The first-order valence-electron chi connectivity index (χ1n) is 37.4. The zero-order valence-corrected chi connectivity index (χ0v) is 63.3. The monoisotopic (exact) mass is 1470 g/mol. The van der Waals surface area contributed by atoms with Crippen molar-refractivity contribution in [1.82, 2.24) is 115 Å². The lowest BCUT2D eigenvalue weighted by molar-refractivity contribution is -0.00878. The highest BCUT2D eigenvalue weighted by molar-refractivity contribution is 7.11. The molecule has 28 heteroatoms. The van der Waals surface area contributed by atoms with E-state index in [1.54, 1.807) is 0 Å². The lowest BCUT2D eigenvalue weighted by Crippen LogP contribution is -2.68. The van der Waals surface area contributed by atoms with Gasteiger partial charge in [-0.05, 0) is 171 Å². The molecule has 0 amide bonds. The van der Waals surface area contributed by atoms with E-state index in [4.69, 9.17) is 29.9 Å². The van der Waals surface area contributed by atoms with Crippen molar-refractivity contribution in [1.29, 1.82) is 0 Å². The van der Waals surface area contributed by atoms with E-state index in [1.165, 1.54) is 46.8 Å². The van der Waals surface area contributed by atoms with Crippen LogP contribution in [0, 0.1) is 61.2 Å². The largest absolute Gasteiger partial charge is 0.353 e. The average molecular weight is 1480 g/mol. The number of nitrogens with zero attached hydrogens (tertiary/aromatic N) is 23. The number of pyridine rings is 5. The molecule has 0 spiro atoms. The van der Waals surface area contributed by atoms with Crippen molar-refractivity contribution in [3.8, 4) is 40.0 Å². The molecule has 26 nitrogen and oxygen atoms in total. The van der Waals surface area contributed by atoms with Gasteiger partial charge >= 0.3 is 0 Å². The van der Waals surface area contributed by atoms with Gasteiger partial charge in [0.2, 0.25) is 0 Å². The Balaban J connectivity index is 0.000000120. The van der Waals surface area contributed by atoms with E-state index in [1.807, 2.05) is 133 Å². The Hall–Kier alpha value is -11.3. The molecule has 9 aliphatic rings. The molecule has 9 aliphatic heterocycles. The first kappa shape index (κ1) is 70.6. The normalized spacial score (nSPS) is 19.3. The Morgan fingerprint density at radius 3 is 1.08 bits per heavy atom. The summed E-state index contributed by atoms with van der Waals surface area (Å²) in [5.41, 5.74) is 18.0. The van der Waals surface area contributed by atoms with Crippen molar-refractivity contribution >= 4 is 28.8 Å². The molecule has 13 aromatic heterocycles. The minimum absolute atomic E-state index is 0.373. The molecule has 6 unspecified atom stereocenters. The first-order chi connectivity index (χ1) is 53.0. The van der Waals surface area contributed by atoms with Gasteiger partial charge in [-0.3, -0.25) is 35.0 Å². The molecule has 9 saturated heterocycles. The van der Waals surface area contributed by atoms with Crippen molar-refractivity contribution in [3.63, 3.8) is 0 Å². The van der Waals surface area contributed by atoms with Gasteiger partial charge in [0.1, 0.15) is 17.5 Å². The minimum Gasteiger partial charge on any atom is -0.353 e. The molecule has 6 bridgehead atoms. The number of aromatic nitrogens is 20. The number of thiazole rings is 1. The number of H-pyrrole nitrogens is 3. The van der Waals surface area contributed by atoms with Crippen LogP contribution in [0.5, 0.6) is 0 Å². The number of aryl methyl sites for hydroxylation is 8. The van der Waals surface area contributed by atoms with E-state index in [0.717, 1.165) is 178 Å². The molecule has 109 heavy (non-hydrogen) atoms. The van der Waals surface area contributed by atoms with Crippen molar-refractivity contribution in [2.24, 2.45) is 0 Å². The third-order valence-electron chi connectivity index (χ3n) is 21.4. The molecule has 13 aromatic rings. The molecule has 22 heterocycles. The van der Waals surface area contributed by atoms with Crippen molar-refractivity contribution in [2.45, 2.75) is 150 Å². The van der Waals surface area contributed by atoms with Gasteiger partial charge in [0.15, 0.2) is 29.1 Å². The highest BCUT2D eigenvalue weighted by atomic mass is 32.1. The SMILES string of the molecule is Cc1cc(Cc2cc(C)[nH]n2)nc(-c2ccc(N3CC4CC(C3)N4Cc3ccc(-n4cc(F)cn4)nc3)nc2)n1.Cc1cc(Cc2cc(C)[nH]n2)nc(-c2ccc(N3CC4CC(C3)N4Cc3cnc(C)s3)nc2)n1.Cc1ccc(CN2C3CC2CN(c2ccc(-c4nc(C)cc(Cc5cc(C)[nH]n5)n4)cn2)C3)cn1. The van der Waals surface area contributed by atoms with Gasteiger partial charge in [-0.15, -0.1) is 11.3 Å². The number of aromatic amines is 3. The van der Waals surface area contributed by atoms with E-state index < -0.39 is 0 Å². The van der Waals surface area contributed by atoms with Crippen LogP contribution in [-0.2, 0) is 38.9 Å². The lowest BCUT2D eigenvalue weighted by atomic mass is 9.87. The maximum Gasteiger partial charge on any atom is 0.161 e. The number of fused-ring (bicyclic) bond motifs is 6. The Morgan fingerprint density at radius 1 is 0.376 bits per heavy atom. The standard InChI is InChI=1S/C29H29FN10.C27H30N8.C25H28N8S/c1-18-7-23(9-24-8-19(2)36-37-24)35-29(34-18)21-4-6-27(32-12-21)38-16-25-10-26(17-38)39(25)14-20-3-5-28(31-11-20)40-15-22(30)13-33-40;1-17-4-5-20(12-28-17)14-35-24-11-25(35)16-34(15-24)26-7-6-21(13-29-26)27-30-18(2)8-22(31-27)10-23-9-19(3)32-33-23;1-15-6-19(8-20-7-16(2)30-31-20)29-25(28-15)18-4-5-24(27-10-18)32-12-21-9-22(13-32)33(21)14-23-11-26-17(3)34-23/h3-8,11-13,15,25-26H,9-10,14,16-17H2,1-2H3,(H,36,37);4-9,12-13,24-25H,10-11,14-16H2,1-3H3,(H,32,33);4-7,10-11,21-22H,8-9,12-14H2,1-3H3,(H,30,31). The number of rotatable bonds is 19. The van der Waals surface area contributed by atoms with Gasteiger partial charge in [0.25, 0.3) is 0 Å². The molecule has 6 atom stereocenters. The lowest BCUT2D eigenvalue weighted by Gasteiger charge is -2.56. The molecule has 3 N–H and O–H groups in total. The summed E-state index contributed by atoms with van der Waals surface area (Å²) in [4.78, 5) is 72.4. The van der Waals surface area contributed by atoms with Gasteiger partial charge in [0.05, 0.1) is 51.6 Å². The second kappa shape index (κ2) is 30.4. The van der Waals surface area contributed by atoms with Crippen LogP contribution in [0.1, 0.15) is 114 Å². The smallest absolute Gasteiger partial charge is 0.161 e. The molecule has 554 valence electrons. The number of anilines is 3. The maximum atomic E-state index is 13.3. The van der Waals surface area contributed by atoms with E-state index in [-0.39, 0.29) is 5.82 Å². The van der Waals surface area contributed by atoms with Crippen LogP contribution in [0.4, 0.5) is 21.8 Å². The van der Waals surface area contributed by atoms with Crippen molar-refractivity contribution in [2.75, 3.05) is 54.0 Å². The van der Waals surface area contributed by atoms with Gasteiger partial charge in [-0.2, -0.15) is 20.4 Å². The van der Waals surface area contributed by atoms with Crippen LogP contribution in [0.3, 0.4) is 0 Å². The maximum absolute atomic E-state index is 13.3. The summed E-state index contributed by atoms with van der Waals surface area (Å²) in [5.74, 6) is 5.40. The van der Waals surface area contributed by atoms with Crippen LogP contribution in [-0.4, -0.2) is 190 Å². The van der Waals surface area contributed by atoms with Crippen LogP contribution >= 0.6 is 11.3 Å². The fourth-order valence-electron chi connectivity index (χ4n) is 16.1. The fraction of sp³-hybridized carbons (Fsp3) is 0.358. The quantitative estimate of drug-likeness (QED) is 0.0678. The number of halogens is 1. The van der Waals surface area contributed by atoms with Gasteiger partial charge in [-0.1, -0.05) is 12.1 Å². The summed E-state index contributed by atoms with van der Waals surface area (Å²) in [7, 11) is 0. The number of piperidine rings is 3. The van der Waals surface area contributed by atoms with E-state index in [9.17, 15) is 4.39 Å². The predicted molar refractivity (Wildman–Crippen MR) is 415 cm³/mol. The summed E-state index contributed by atoms with van der Waals surface area (Å²) in [6.45, 7) is 24.9. The average Bonchev–Trinajstić information content (AvgIpc) is 1.51. The van der Waals surface area contributed by atoms with E-state index in [2.05, 4.69) is 163 Å². The fourth-order valence-corrected chi connectivity index (χ4v) is 16.9. The van der Waals surface area contributed by atoms with Gasteiger partial charge in [-0.25, -0.2) is 63.9 Å². The summed E-state index contributed by atoms with van der Waals surface area (Å²) in [6.07, 6.45) is 19.9. The predicted octanol–water partition coefficient (Wildman–Crippen LogP) is 11.0. The molecule has 0 radical (unpaired) electrons. The van der Waals surface area contributed by atoms with E-state index >= 15 is 0 Å².